The summed E-state index contributed by atoms with van der Waals surface area (Å²) in [6.45, 7) is 4.75. The van der Waals surface area contributed by atoms with Gasteiger partial charge in [0, 0.05) is 39.7 Å². The molecule has 0 unspecified atom stereocenters. The fraction of sp³-hybridized carbons (Fsp3) is 0.0833. The Morgan fingerprint density at radius 2 is 1.42 bits per heavy atom. The molecule has 7 aromatic rings. The highest BCUT2D eigenvalue weighted by Gasteiger charge is 2.38. The smallest absolute Gasteiger partial charge is 0.0588 e. The zero-order valence-electron chi connectivity index (χ0n) is 21.4. The Morgan fingerprint density at radius 3 is 2.32 bits per heavy atom. The van der Waals surface area contributed by atoms with E-state index in [1.807, 2.05) is 12.4 Å². The van der Waals surface area contributed by atoms with Gasteiger partial charge in [-0.3, -0.25) is 4.98 Å². The third-order valence-corrected chi connectivity index (χ3v) is 8.44. The number of nitrogens with zero attached hydrogens (tertiary/aromatic N) is 2. The summed E-state index contributed by atoms with van der Waals surface area (Å²) < 4.78 is 2.50. The highest BCUT2D eigenvalue weighted by atomic mass is 15.0. The van der Waals surface area contributed by atoms with Crippen molar-refractivity contribution in [2.45, 2.75) is 19.3 Å². The van der Waals surface area contributed by atoms with Crippen molar-refractivity contribution in [2.75, 3.05) is 0 Å². The average Bonchev–Trinajstić information content (AvgIpc) is 3.42. The first-order chi connectivity index (χ1) is 18.6. The van der Waals surface area contributed by atoms with Crippen LogP contribution in [0.1, 0.15) is 25.0 Å². The number of pyridine rings is 1. The van der Waals surface area contributed by atoms with Gasteiger partial charge in [0.2, 0.25) is 0 Å². The van der Waals surface area contributed by atoms with Crippen LogP contribution in [0.4, 0.5) is 0 Å². The van der Waals surface area contributed by atoms with Gasteiger partial charge in [-0.2, -0.15) is 0 Å². The Morgan fingerprint density at radius 1 is 0.632 bits per heavy atom. The molecule has 0 saturated carbocycles. The Hall–Kier alpha value is -4.69. The van der Waals surface area contributed by atoms with Crippen LogP contribution < -0.4 is 0 Å². The molecule has 180 valence electrons. The quantitative estimate of drug-likeness (QED) is 0.238. The Balaban J connectivity index is 1.55. The van der Waals surface area contributed by atoms with Gasteiger partial charge in [-0.15, -0.1) is 0 Å². The minimum Gasteiger partial charge on any atom is -0.309 e. The van der Waals surface area contributed by atoms with E-state index in [2.05, 4.69) is 133 Å². The summed E-state index contributed by atoms with van der Waals surface area (Å²) in [6, 6.07) is 39.9. The monoisotopic (exact) mass is 486 g/mol. The molecule has 2 heterocycles. The van der Waals surface area contributed by atoms with Crippen LogP contribution >= 0.6 is 0 Å². The molecule has 8 rings (SSSR count). The number of fused-ring (bicyclic) bond motifs is 8. The van der Waals surface area contributed by atoms with Crippen molar-refractivity contribution in [3.8, 4) is 27.9 Å². The van der Waals surface area contributed by atoms with E-state index in [1.165, 1.54) is 71.6 Å². The third kappa shape index (κ3) is 2.80. The summed E-state index contributed by atoms with van der Waals surface area (Å²) in [7, 11) is 0. The van der Waals surface area contributed by atoms with E-state index < -0.39 is 0 Å². The van der Waals surface area contributed by atoms with Crippen LogP contribution in [0.15, 0.2) is 122 Å². The van der Waals surface area contributed by atoms with Gasteiger partial charge in [0.15, 0.2) is 0 Å². The average molecular weight is 487 g/mol. The summed E-state index contributed by atoms with van der Waals surface area (Å²) in [5.41, 5.74) is 11.5. The maximum absolute atomic E-state index is 4.47. The molecule has 2 aromatic heterocycles. The van der Waals surface area contributed by atoms with Crippen molar-refractivity contribution >= 4 is 32.6 Å². The fourth-order valence-corrected chi connectivity index (χ4v) is 6.75. The lowest BCUT2D eigenvalue weighted by atomic mass is 9.81. The van der Waals surface area contributed by atoms with E-state index in [0.717, 1.165) is 0 Å². The Bertz CT molecular complexity index is 2040. The second-order valence-electron chi connectivity index (χ2n) is 10.9. The molecule has 0 atom stereocenters. The molecule has 0 radical (unpaired) electrons. The topological polar surface area (TPSA) is 17.8 Å². The molecule has 0 fully saturated rings. The van der Waals surface area contributed by atoms with Gasteiger partial charge in [0.25, 0.3) is 0 Å². The van der Waals surface area contributed by atoms with Crippen LogP contribution in [-0.4, -0.2) is 9.55 Å². The van der Waals surface area contributed by atoms with E-state index in [9.17, 15) is 0 Å². The van der Waals surface area contributed by atoms with Gasteiger partial charge in [0.1, 0.15) is 0 Å². The Kier molecular flexibility index (Phi) is 4.31. The minimum absolute atomic E-state index is 0.111. The number of benzene rings is 5. The molecule has 0 spiro atoms. The van der Waals surface area contributed by atoms with Gasteiger partial charge >= 0.3 is 0 Å². The summed E-state index contributed by atoms with van der Waals surface area (Å²) in [5.74, 6) is 0. The summed E-state index contributed by atoms with van der Waals surface area (Å²) in [6.07, 6.45) is 3.88. The Labute approximate surface area is 221 Å². The molecule has 0 N–H and O–H groups in total. The number of hydrogen-bond acceptors (Lipinski definition) is 1. The molecule has 1 aliphatic rings. The zero-order chi connectivity index (χ0) is 25.4. The van der Waals surface area contributed by atoms with E-state index >= 15 is 0 Å². The number of rotatable bonds is 2. The minimum atomic E-state index is -0.111. The highest BCUT2D eigenvalue weighted by Crippen LogP contribution is 2.53. The van der Waals surface area contributed by atoms with Gasteiger partial charge in [-0.05, 0) is 63.0 Å². The fourth-order valence-electron chi connectivity index (χ4n) is 6.75. The third-order valence-electron chi connectivity index (χ3n) is 8.44. The van der Waals surface area contributed by atoms with Crippen LogP contribution in [0, 0.1) is 0 Å². The first-order valence-electron chi connectivity index (χ1n) is 13.2. The largest absolute Gasteiger partial charge is 0.309 e. The van der Waals surface area contributed by atoms with Gasteiger partial charge in [0.05, 0.1) is 11.0 Å². The normalized spacial score (nSPS) is 13.7. The molecule has 1 aliphatic carbocycles. The van der Waals surface area contributed by atoms with E-state index in [4.69, 9.17) is 0 Å². The van der Waals surface area contributed by atoms with E-state index in [-0.39, 0.29) is 5.41 Å². The van der Waals surface area contributed by atoms with Gasteiger partial charge in [-0.1, -0.05) is 98.8 Å². The molecule has 38 heavy (non-hydrogen) atoms. The van der Waals surface area contributed by atoms with Crippen molar-refractivity contribution < 1.29 is 0 Å². The lowest BCUT2D eigenvalue weighted by Crippen LogP contribution is -2.16. The van der Waals surface area contributed by atoms with Gasteiger partial charge < -0.3 is 4.57 Å². The summed E-state index contributed by atoms with van der Waals surface area (Å²) >= 11 is 0. The van der Waals surface area contributed by atoms with Crippen LogP contribution in [0.3, 0.4) is 0 Å². The second-order valence-corrected chi connectivity index (χ2v) is 10.9. The van der Waals surface area contributed by atoms with Crippen molar-refractivity contribution in [2.24, 2.45) is 0 Å². The SMILES string of the molecule is CC1(C)c2ccccc2-c2ccc3c4ccccc4n(-c4cc(-c5ccccc5)c5cnccc5c4)c3c21. The molecular formula is C36H26N2. The van der Waals surface area contributed by atoms with Crippen molar-refractivity contribution in [3.63, 3.8) is 0 Å². The van der Waals surface area contributed by atoms with Crippen LogP contribution in [0.2, 0.25) is 0 Å². The van der Waals surface area contributed by atoms with Crippen LogP contribution in [-0.2, 0) is 5.41 Å². The second kappa shape index (κ2) is 7.66. The summed E-state index contributed by atoms with van der Waals surface area (Å²) in [4.78, 5) is 4.47. The zero-order valence-corrected chi connectivity index (χ0v) is 21.4. The molecule has 0 saturated heterocycles. The number of para-hydroxylation sites is 1. The molecule has 0 amide bonds. The van der Waals surface area contributed by atoms with Crippen molar-refractivity contribution in [1.29, 1.82) is 0 Å². The van der Waals surface area contributed by atoms with Crippen LogP contribution in [0.25, 0.3) is 60.5 Å². The summed E-state index contributed by atoms with van der Waals surface area (Å²) in [5, 5.41) is 4.95. The predicted molar refractivity (Wildman–Crippen MR) is 159 cm³/mol. The lowest BCUT2D eigenvalue weighted by molar-refractivity contribution is 0.664. The van der Waals surface area contributed by atoms with E-state index in [1.54, 1.807) is 0 Å². The first-order valence-corrected chi connectivity index (χ1v) is 13.2. The molecule has 2 heteroatoms. The number of hydrogen-bond donors (Lipinski definition) is 0. The first kappa shape index (κ1) is 21.4. The molecule has 0 aliphatic heterocycles. The molecular weight excluding hydrogens is 460 g/mol. The maximum atomic E-state index is 4.47. The number of aromatic nitrogens is 2. The predicted octanol–water partition coefficient (Wildman–Crippen LogP) is 9.31. The van der Waals surface area contributed by atoms with Gasteiger partial charge in [-0.25, -0.2) is 0 Å². The van der Waals surface area contributed by atoms with Crippen LogP contribution in [0.5, 0.6) is 0 Å². The molecule has 0 bridgehead atoms. The van der Waals surface area contributed by atoms with Crippen molar-refractivity contribution in [1.82, 2.24) is 9.55 Å². The molecule has 2 nitrogen and oxygen atoms in total. The lowest BCUT2D eigenvalue weighted by Gasteiger charge is -2.24. The standard InChI is InChI=1S/C36H26N2/c1-36(2)32-14-8-6-12-26(32)28-16-17-29-27-13-7-9-15-33(27)38(35(29)34(28)36)25-20-24-18-19-37-22-31(24)30(21-25)23-10-4-3-5-11-23/h3-22H,1-2H3. The molecule has 5 aromatic carbocycles. The maximum Gasteiger partial charge on any atom is 0.0588 e. The highest BCUT2D eigenvalue weighted by molar-refractivity contribution is 6.13. The van der Waals surface area contributed by atoms with Crippen molar-refractivity contribution in [3.05, 3.63) is 133 Å². The van der Waals surface area contributed by atoms with E-state index in [0.29, 0.717) is 0 Å².